The van der Waals surface area contributed by atoms with Crippen LogP contribution in [0.5, 0.6) is 0 Å². The normalized spacial score (nSPS) is 16.8. The lowest BCUT2D eigenvalue weighted by Gasteiger charge is -2.22. The predicted octanol–water partition coefficient (Wildman–Crippen LogP) is 10.1. The van der Waals surface area contributed by atoms with Gasteiger partial charge in [0.05, 0.1) is 28.5 Å². The third-order valence-corrected chi connectivity index (χ3v) is 10.8. The molecule has 3 aliphatic rings. The number of nitrogens with zero attached hydrogens (tertiary/aromatic N) is 3. The first-order valence-corrected chi connectivity index (χ1v) is 16.0. The van der Waals surface area contributed by atoms with Crippen LogP contribution in [0.4, 0.5) is 0 Å². The van der Waals surface area contributed by atoms with Gasteiger partial charge >= 0.3 is 0 Å². The zero-order valence-corrected chi connectivity index (χ0v) is 26.7. The van der Waals surface area contributed by atoms with E-state index in [2.05, 4.69) is 133 Å². The first kappa shape index (κ1) is 26.5. The van der Waals surface area contributed by atoms with Crippen molar-refractivity contribution in [1.29, 1.82) is 0 Å². The Labute approximate surface area is 265 Å². The molecular weight excluding hydrogens is 546 g/mol. The van der Waals surface area contributed by atoms with Crippen molar-refractivity contribution < 1.29 is 0 Å². The fourth-order valence-corrected chi connectivity index (χ4v) is 8.34. The molecule has 0 aliphatic heterocycles. The predicted molar refractivity (Wildman–Crippen MR) is 183 cm³/mol. The summed E-state index contributed by atoms with van der Waals surface area (Å²) < 4.78 is 0. The van der Waals surface area contributed by atoms with Gasteiger partial charge in [-0.25, -0.2) is 0 Å². The van der Waals surface area contributed by atoms with Crippen molar-refractivity contribution in [3.63, 3.8) is 0 Å². The first-order valence-electron chi connectivity index (χ1n) is 16.0. The molecule has 0 saturated heterocycles. The maximum absolute atomic E-state index is 5.37. The van der Waals surface area contributed by atoms with Gasteiger partial charge in [-0.15, -0.1) is 0 Å². The van der Waals surface area contributed by atoms with E-state index in [4.69, 9.17) is 15.0 Å². The van der Waals surface area contributed by atoms with Gasteiger partial charge in [-0.2, -0.15) is 0 Å². The fraction of sp³-hybridized carbons (Fsp3) is 0.214. The zero-order chi connectivity index (χ0) is 30.9. The topological polar surface area (TPSA) is 38.7 Å². The average molecular weight is 582 g/mol. The Morgan fingerprint density at radius 2 is 0.867 bits per heavy atom. The summed E-state index contributed by atoms with van der Waals surface area (Å²) in [5.74, 6) is 0. The Morgan fingerprint density at radius 1 is 0.400 bits per heavy atom. The van der Waals surface area contributed by atoms with E-state index < -0.39 is 0 Å². The van der Waals surface area contributed by atoms with Crippen molar-refractivity contribution in [2.45, 2.75) is 57.8 Å². The molecule has 0 unspecified atom stereocenters. The Bertz CT molecular complexity index is 2250. The monoisotopic (exact) mass is 581 g/mol. The molecule has 3 heterocycles. The number of rotatable bonds is 2. The van der Waals surface area contributed by atoms with E-state index in [1.165, 1.54) is 50.1 Å². The van der Waals surface area contributed by atoms with Crippen LogP contribution in [0.1, 0.15) is 75.3 Å². The molecule has 0 fully saturated rings. The van der Waals surface area contributed by atoms with Crippen molar-refractivity contribution in [2.24, 2.45) is 0 Å². The molecular formula is C42H35N3. The smallest absolute Gasteiger partial charge is 0.0706 e. The molecule has 45 heavy (non-hydrogen) atoms. The summed E-state index contributed by atoms with van der Waals surface area (Å²) in [6.45, 7) is 13.7. The molecule has 0 bridgehead atoms. The first-order chi connectivity index (χ1) is 21.6. The maximum Gasteiger partial charge on any atom is 0.0706 e. The van der Waals surface area contributed by atoms with Gasteiger partial charge in [-0.05, 0) is 63.7 Å². The highest BCUT2D eigenvalue weighted by molar-refractivity contribution is 5.87. The molecule has 0 atom stereocenters. The number of hydrogen-bond donors (Lipinski definition) is 0. The minimum Gasteiger partial charge on any atom is -0.260 e. The minimum atomic E-state index is -0.205. The van der Waals surface area contributed by atoms with Crippen LogP contribution in [0.15, 0.2) is 103 Å². The maximum atomic E-state index is 5.37. The Kier molecular flexibility index (Phi) is 5.09. The second kappa shape index (κ2) is 8.63. The van der Waals surface area contributed by atoms with Gasteiger partial charge in [0.25, 0.3) is 0 Å². The zero-order valence-electron chi connectivity index (χ0n) is 26.7. The highest BCUT2D eigenvalue weighted by Gasteiger charge is 2.40. The molecule has 0 radical (unpaired) electrons. The van der Waals surface area contributed by atoms with Gasteiger partial charge in [-0.1, -0.05) is 108 Å². The van der Waals surface area contributed by atoms with Crippen LogP contribution >= 0.6 is 0 Å². The average Bonchev–Trinajstić information content (AvgIpc) is 3.53. The summed E-state index contributed by atoms with van der Waals surface area (Å²) in [7, 11) is 0. The van der Waals surface area contributed by atoms with E-state index in [1.807, 2.05) is 12.3 Å². The highest BCUT2D eigenvalue weighted by atomic mass is 14.8. The largest absolute Gasteiger partial charge is 0.260 e. The Balaban J connectivity index is 1.12. The number of pyridine rings is 3. The third kappa shape index (κ3) is 3.44. The van der Waals surface area contributed by atoms with E-state index in [1.54, 1.807) is 0 Å². The van der Waals surface area contributed by atoms with E-state index in [9.17, 15) is 0 Å². The molecule has 6 aromatic rings. The summed E-state index contributed by atoms with van der Waals surface area (Å²) in [5.41, 5.74) is 18.8. The quantitative estimate of drug-likeness (QED) is 0.204. The second-order valence-corrected chi connectivity index (χ2v) is 14.5. The molecule has 0 saturated carbocycles. The van der Waals surface area contributed by atoms with Gasteiger partial charge in [-0.3, -0.25) is 15.0 Å². The van der Waals surface area contributed by atoms with Gasteiger partial charge in [0.2, 0.25) is 0 Å². The molecule has 0 spiro atoms. The number of aromatic nitrogens is 3. The molecule has 3 aliphatic carbocycles. The Hall–Kier alpha value is -4.89. The van der Waals surface area contributed by atoms with Crippen LogP contribution in [-0.4, -0.2) is 15.0 Å². The summed E-state index contributed by atoms with van der Waals surface area (Å²) in [4.78, 5) is 15.4. The van der Waals surface area contributed by atoms with Gasteiger partial charge in [0.15, 0.2) is 0 Å². The molecule has 3 heteroatoms. The van der Waals surface area contributed by atoms with E-state index in [0.29, 0.717) is 0 Å². The van der Waals surface area contributed by atoms with Crippen LogP contribution in [0.3, 0.4) is 0 Å². The van der Waals surface area contributed by atoms with Gasteiger partial charge in [0.1, 0.15) is 0 Å². The van der Waals surface area contributed by atoms with E-state index in [0.717, 1.165) is 39.6 Å². The molecule has 0 amide bonds. The molecule has 218 valence electrons. The van der Waals surface area contributed by atoms with Crippen LogP contribution in [0.25, 0.3) is 55.9 Å². The van der Waals surface area contributed by atoms with Crippen LogP contribution in [0, 0.1) is 0 Å². The molecule has 3 aromatic carbocycles. The summed E-state index contributed by atoms with van der Waals surface area (Å²) in [5, 5.41) is 0. The summed E-state index contributed by atoms with van der Waals surface area (Å²) >= 11 is 0. The summed E-state index contributed by atoms with van der Waals surface area (Å²) in [6.07, 6.45) is 1.90. The van der Waals surface area contributed by atoms with Gasteiger partial charge in [0, 0.05) is 50.3 Å². The lowest BCUT2D eigenvalue weighted by Crippen LogP contribution is -2.17. The number of fused-ring (bicyclic) bond motifs is 9. The highest BCUT2D eigenvalue weighted by Crippen LogP contribution is 2.52. The summed E-state index contributed by atoms with van der Waals surface area (Å²) in [6, 6.07) is 35.5. The number of hydrogen-bond acceptors (Lipinski definition) is 3. The lowest BCUT2D eigenvalue weighted by molar-refractivity contribution is 0.636. The third-order valence-electron chi connectivity index (χ3n) is 10.8. The minimum absolute atomic E-state index is 0.107. The van der Waals surface area contributed by atoms with E-state index >= 15 is 0 Å². The lowest BCUT2D eigenvalue weighted by atomic mass is 9.84. The van der Waals surface area contributed by atoms with Crippen molar-refractivity contribution in [3.05, 3.63) is 137 Å². The molecule has 9 rings (SSSR count). The number of benzene rings is 3. The van der Waals surface area contributed by atoms with Crippen molar-refractivity contribution in [2.75, 3.05) is 0 Å². The van der Waals surface area contributed by atoms with Crippen LogP contribution in [0.2, 0.25) is 0 Å². The van der Waals surface area contributed by atoms with E-state index in [-0.39, 0.29) is 16.2 Å². The van der Waals surface area contributed by atoms with Crippen molar-refractivity contribution in [1.82, 2.24) is 15.0 Å². The fourth-order valence-electron chi connectivity index (χ4n) is 8.34. The van der Waals surface area contributed by atoms with Crippen LogP contribution in [-0.2, 0) is 16.2 Å². The van der Waals surface area contributed by atoms with Crippen molar-refractivity contribution >= 4 is 0 Å². The van der Waals surface area contributed by atoms with Crippen molar-refractivity contribution in [3.8, 4) is 55.9 Å². The molecule has 3 aromatic heterocycles. The van der Waals surface area contributed by atoms with Gasteiger partial charge < -0.3 is 0 Å². The standard InChI is InChI=1S/C42H35N3/c1-40(2)33-17-13-24(22-30(33)27-11-9-21-43-37(27)40)36-20-16-29-31-23-25(14-18-34(31)42(5,6)39(29)45-36)35-19-15-28-26-10-7-8-12-32(26)41(3,4)38(28)44-35/h7-23H,1-6H3. The SMILES string of the molecule is CC1(C)c2ccc(-c3ccc4c(n3)C(C)(C)c3ccc(-c5ccc6c(n5)C(C)(C)c5ccccc5-6)cc3-4)cc2-c2cccnc21. The van der Waals surface area contributed by atoms with Crippen LogP contribution < -0.4 is 0 Å². The second-order valence-electron chi connectivity index (χ2n) is 14.5. The Morgan fingerprint density at radius 3 is 1.47 bits per heavy atom. The molecule has 0 N–H and O–H groups in total. The molecule has 3 nitrogen and oxygen atoms in total.